The molecule has 1 atom stereocenters. The van der Waals surface area contributed by atoms with Crippen LogP contribution in [0.3, 0.4) is 0 Å². The first-order valence-corrected chi connectivity index (χ1v) is 13.5. The van der Waals surface area contributed by atoms with E-state index in [1.54, 1.807) is 17.8 Å². The summed E-state index contributed by atoms with van der Waals surface area (Å²) in [6, 6.07) is 6.78. The average molecular weight is 546 g/mol. The molecule has 0 bridgehead atoms. The molecule has 0 aliphatic rings. The molecule has 34 heavy (non-hydrogen) atoms. The molecule has 1 heterocycles. The van der Waals surface area contributed by atoms with Gasteiger partial charge in [-0.2, -0.15) is 11.8 Å². The Morgan fingerprint density at radius 3 is 2.65 bits per heavy atom. The largest absolute Gasteiger partial charge is 0.467 e. The Bertz CT molecular complexity index is 997. The average Bonchev–Trinajstić information content (AvgIpc) is 2.84. The first-order chi connectivity index (χ1) is 16.3. The van der Waals surface area contributed by atoms with E-state index in [0.717, 1.165) is 5.56 Å². The number of amides is 2. The Kier molecular flexibility index (Phi) is 12.5. The molecular formula is C22H26Cl2N4O4S2. The van der Waals surface area contributed by atoms with Gasteiger partial charge in [-0.05, 0) is 36.5 Å². The summed E-state index contributed by atoms with van der Waals surface area (Å²) in [7, 11) is 1.29. The van der Waals surface area contributed by atoms with Crippen LogP contribution < -0.4 is 10.6 Å². The summed E-state index contributed by atoms with van der Waals surface area (Å²) < 4.78 is 4.73. The van der Waals surface area contributed by atoms with E-state index in [0.29, 0.717) is 34.5 Å². The first-order valence-electron chi connectivity index (χ1n) is 10.4. The van der Waals surface area contributed by atoms with Crippen molar-refractivity contribution in [3.8, 4) is 0 Å². The fraction of sp³-hybridized carbons (Fsp3) is 0.409. The van der Waals surface area contributed by atoms with E-state index in [2.05, 4.69) is 20.6 Å². The number of nitrogens with one attached hydrogen (secondary N) is 2. The van der Waals surface area contributed by atoms with Gasteiger partial charge in [0.05, 0.1) is 18.3 Å². The van der Waals surface area contributed by atoms with Gasteiger partial charge in [0.2, 0.25) is 5.91 Å². The fourth-order valence-electron chi connectivity index (χ4n) is 2.77. The van der Waals surface area contributed by atoms with Gasteiger partial charge >= 0.3 is 5.97 Å². The third kappa shape index (κ3) is 9.32. The molecule has 2 N–H and O–H groups in total. The lowest BCUT2D eigenvalue weighted by molar-refractivity contribution is -0.145. The number of methoxy groups -OCH3 is 1. The van der Waals surface area contributed by atoms with Crippen LogP contribution >= 0.6 is 46.7 Å². The zero-order chi connectivity index (χ0) is 24.9. The minimum Gasteiger partial charge on any atom is -0.467 e. The van der Waals surface area contributed by atoms with Crippen molar-refractivity contribution in [2.45, 2.75) is 36.2 Å². The maximum atomic E-state index is 12.5. The number of carbonyl (C=O) groups excluding carboxylic acids is 3. The number of esters is 1. The Labute approximate surface area is 217 Å². The van der Waals surface area contributed by atoms with Crippen LogP contribution in [-0.4, -0.2) is 59.5 Å². The maximum absolute atomic E-state index is 12.5. The number of hydrogen-bond donors (Lipinski definition) is 2. The van der Waals surface area contributed by atoms with Crippen LogP contribution in [0, 0.1) is 0 Å². The van der Waals surface area contributed by atoms with E-state index in [1.165, 1.54) is 25.1 Å². The summed E-state index contributed by atoms with van der Waals surface area (Å²) in [4.78, 5) is 44.9. The van der Waals surface area contributed by atoms with Gasteiger partial charge < -0.3 is 15.4 Å². The van der Waals surface area contributed by atoms with Crippen LogP contribution in [0.25, 0.3) is 0 Å². The molecule has 0 aliphatic heterocycles. The van der Waals surface area contributed by atoms with Gasteiger partial charge in [-0.25, -0.2) is 14.8 Å². The van der Waals surface area contributed by atoms with Crippen LogP contribution in [0.2, 0.25) is 10.0 Å². The Hall–Kier alpha value is -2.01. The molecule has 0 aliphatic carbocycles. The lowest BCUT2D eigenvalue weighted by atomic mass is 10.2. The number of carbonyl (C=O) groups is 3. The Morgan fingerprint density at radius 1 is 1.18 bits per heavy atom. The fourth-order valence-corrected chi connectivity index (χ4v) is 4.51. The molecule has 184 valence electrons. The highest BCUT2D eigenvalue weighted by Gasteiger charge is 2.21. The summed E-state index contributed by atoms with van der Waals surface area (Å²) in [6.45, 7) is 0.238. The Balaban J connectivity index is 1.82. The molecule has 2 aromatic rings. The molecule has 2 rings (SSSR count). The standard InChI is InChI=1S/C22H26Cl2N4O4S2/c1-32-21(31)17(9-11-33-2)27-18(29)8-5-10-25-20(30)19-16(24)12-26-22(28-19)34-13-14-6-3-4-7-15(14)23/h3-4,6-7,12,17H,5,8-11,13H2,1-2H3,(H,25,30)(H,27,29)/t17-/m0/s1. The molecule has 0 unspecified atom stereocenters. The number of benzene rings is 1. The summed E-state index contributed by atoms with van der Waals surface area (Å²) in [5, 5.41) is 6.56. The number of ether oxygens (including phenoxy) is 1. The molecule has 0 saturated carbocycles. The molecule has 0 fully saturated rings. The van der Waals surface area contributed by atoms with Gasteiger partial charge in [0, 0.05) is 23.7 Å². The molecule has 1 aromatic carbocycles. The van der Waals surface area contributed by atoms with Crippen LogP contribution in [0.15, 0.2) is 35.6 Å². The predicted molar refractivity (Wildman–Crippen MR) is 137 cm³/mol. The lowest BCUT2D eigenvalue weighted by Gasteiger charge is -2.16. The summed E-state index contributed by atoms with van der Waals surface area (Å²) in [5.74, 6) is 0.0383. The van der Waals surface area contributed by atoms with Crippen molar-refractivity contribution in [2.24, 2.45) is 0 Å². The summed E-state index contributed by atoms with van der Waals surface area (Å²) in [6.07, 6.45) is 4.31. The number of aromatic nitrogens is 2. The van der Waals surface area contributed by atoms with Gasteiger partial charge in [0.25, 0.3) is 5.91 Å². The number of hydrogen-bond acceptors (Lipinski definition) is 8. The van der Waals surface area contributed by atoms with Crippen molar-refractivity contribution in [2.75, 3.05) is 25.7 Å². The normalized spacial score (nSPS) is 11.5. The summed E-state index contributed by atoms with van der Waals surface area (Å²) >= 11 is 15.2. The van der Waals surface area contributed by atoms with Crippen molar-refractivity contribution >= 4 is 64.5 Å². The topological polar surface area (TPSA) is 110 Å². The number of rotatable bonds is 13. The van der Waals surface area contributed by atoms with Crippen molar-refractivity contribution in [3.05, 3.63) is 51.8 Å². The number of halogens is 2. The maximum Gasteiger partial charge on any atom is 0.328 e. The second kappa shape index (κ2) is 15.1. The van der Waals surface area contributed by atoms with Crippen molar-refractivity contribution in [3.63, 3.8) is 0 Å². The molecule has 0 spiro atoms. The summed E-state index contributed by atoms with van der Waals surface area (Å²) in [5.41, 5.74) is 0.991. The van der Waals surface area contributed by atoms with E-state index in [4.69, 9.17) is 27.9 Å². The van der Waals surface area contributed by atoms with Gasteiger partial charge in [-0.1, -0.05) is 53.2 Å². The SMILES string of the molecule is COC(=O)[C@H](CCSC)NC(=O)CCCNC(=O)c1nc(SCc2ccccc2Cl)ncc1Cl. The quantitative estimate of drug-likeness (QED) is 0.168. The highest BCUT2D eigenvalue weighted by atomic mass is 35.5. The Morgan fingerprint density at radius 2 is 1.94 bits per heavy atom. The van der Waals surface area contributed by atoms with Crippen LogP contribution in [0.4, 0.5) is 0 Å². The molecular weight excluding hydrogens is 519 g/mol. The molecule has 1 aromatic heterocycles. The number of thioether (sulfide) groups is 2. The molecule has 0 saturated heterocycles. The minimum absolute atomic E-state index is 0.0607. The predicted octanol–water partition coefficient (Wildman–Crippen LogP) is 4.00. The molecule has 12 heteroatoms. The minimum atomic E-state index is -0.680. The van der Waals surface area contributed by atoms with Crippen molar-refractivity contribution in [1.82, 2.24) is 20.6 Å². The van der Waals surface area contributed by atoms with Crippen LogP contribution in [0.5, 0.6) is 0 Å². The zero-order valence-electron chi connectivity index (χ0n) is 18.8. The van der Waals surface area contributed by atoms with Gasteiger partial charge in [0.1, 0.15) is 6.04 Å². The molecule has 8 nitrogen and oxygen atoms in total. The van der Waals surface area contributed by atoms with Gasteiger partial charge in [0.15, 0.2) is 10.9 Å². The van der Waals surface area contributed by atoms with Crippen molar-refractivity contribution < 1.29 is 19.1 Å². The monoisotopic (exact) mass is 544 g/mol. The third-order valence-corrected chi connectivity index (χ3v) is 6.75. The number of nitrogens with zero attached hydrogens (tertiary/aromatic N) is 2. The van der Waals surface area contributed by atoms with E-state index < -0.39 is 17.9 Å². The molecule has 0 radical (unpaired) electrons. The smallest absolute Gasteiger partial charge is 0.328 e. The van der Waals surface area contributed by atoms with Crippen LogP contribution in [0.1, 0.15) is 35.3 Å². The van der Waals surface area contributed by atoms with Crippen molar-refractivity contribution in [1.29, 1.82) is 0 Å². The van der Waals surface area contributed by atoms with E-state index in [1.807, 2.05) is 24.5 Å². The second-order valence-electron chi connectivity index (χ2n) is 7.01. The highest BCUT2D eigenvalue weighted by Crippen LogP contribution is 2.25. The zero-order valence-corrected chi connectivity index (χ0v) is 22.0. The molecule has 2 amide bonds. The van der Waals surface area contributed by atoms with E-state index in [-0.39, 0.29) is 29.6 Å². The second-order valence-corrected chi connectivity index (χ2v) is 9.76. The van der Waals surface area contributed by atoms with Crippen LogP contribution in [-0.2, 0) is 20.1 Å². The van der Waals surface area contributed by atoms with Gasteiger partial charge in [-0.15, -0.1) is 0 Å². The van der Waals surface area contributed by atoms with E-state index >= 15 is 0 Å². The highest BCUT2D eigenvalue weighted by molar-refractivity contribution is 7.98. The van der Waals surface area contributed by atoms with Gasteiger partial charge in [-0.3, -0.25) is 9.59 Å². The third-order valence-electron chi connectivity index (χ3n) is 4.55. The first kappa shape index (κ1) is 28.2. The lowest BCUT2D eigenvalue weighted by Crippen LogP contribution is -2.42. The van der Waals surface area contributed by atoms with E-state index in [9.17, 15) is 14.4 Å².